The number of benzene rings is 1. The SMILES string of the molecule is Cc1c(CN2CCNCC2)cc(S)cc1N1CCN(C(=O)OC(C)(C)C)CC1. The fraction of sp³-hybridized carbons (Fsp3) is 0.667. The van der Waals surface area contributed by atoms with Crippen LogP contribution in [0.5, 0.6) is 0 Å². The molecule has 2 heterocycles. The number of nitrogens with zero attached hydrogens (tertiary/aromatic N) is 3. The summed E-state index contributed by atoms with van der Waals surface area (Å²) in [5.74, 6) is 0. The van der Waals surface area contributed by atoms with Crippen LogP contribution in [0, 0.1) is 6.92 Å². The third-order valence-electron chi connectivity index (χ3n) is 5.35. The molecular formula is C21H34N4O2S. The van der Waals surface area contributed by atoms with Crippen molar-refractivity contribution < 1.29 is 9.53 Å². The molecule has 1 aromatic rings. The number of piperazine rings is 2. The number of ether oxygens (including phenoxy) is 1. The number of amides is 1. The predicted molar refractivity (Wildman–Crippen MR) is 117 cm³/mol. The molecule has 156 valence electrons. The quantitative estimate of drug-likeness (QED) is 0.756. The second-order valence-electron chi connectivity index (χ2n) is 8.73. The maximum atomic E-state index is 12.3. The summed E-state index contributed by atoms with van der Waals surface area (Å²) in [6, 6.07) is 4.35. The molecule has 6 nitrogen and oxygen atoms in total. The van der Waals surface area contributed by atoms with Gasteiger partial charge in [0.25, 0.3) is 0 Å². The Bertz CT molecular complexity index is 690. The van der Waals surface area contributed by atoms with Gasteiger partial charge in [0, 0.05) is 69.5 Å². The molecule has 0 bridgehead atoms. The topological polar surface area (TPSA) is 48.0 Å². The highest BCUT2D eigenvalue weighted by Crippen LogP contribution is 2.29. The van der Waals surface area contributed by atoms with Gasteiger partial charge in [-0.05, 0) is 51.0 Å². The van der Waals surface area contributed by atoms with E-state index in [1.165, 1.54) is 16.8 Å². The molecule has 0 unspecified atom stereocenters. The molecule has 0 radical (unpaired) electrons. The van der Waals surface area contributed by atoms with Gasteiger partial charge in [-0.25, -0.2) is 4.79 Å². The van der Waals surface area contributed by atoms with Crippen LogP contribution in [0.1, 0.15) is 31.9 Å². The second-order valence-corrected chi connectivity index (χ2v) is 9.25. The zero-order chi connectivity index (χ0) is 20.3. The van der Waals surface area contributed by atoms with Gasteiger partial charge < -0.3 is 19.9 Å². The molecule has 1 N–H and O–H groups in total. The molecule has 7 heteroatoms. The molecular weight excluding hydrogens is 372 g/mol. The number of anilines is 1. The fourth-order valence-corrected chi connectivity index (χ4v) is 4.08. The number of carbonyl (C=O) groups is 1. The highest BCUT2D eigenvalue weighted by atomic mass is 32.1. The first-order valence-corrected chi connectivity index (χ1v) is 10.7. The van der Waals surface area contributed by atoms with Crippen LogP contribution in [0.25, 0.3) is 0 Å². The Kier molecular flexibility index (Phi) is 6.78. The number of carbonyl (C=O) groups excluding carboxylic acids is 1. The minimum absolute atomic E-state index is 0.216. The number of rotatable bonds is 3. The van der Waals surface area contributed by atoms with Crippen molar-refractivity contribution in [2.45, 2.75) is 44.7 Å². The van der Waals surface area contributed by atoms with Crippen molar-refractivity contribution in [1.29, 1.82) is 0 Å². The van der Waals surface area contributed by atoms with Crippen LogP contribution < -0.4 is 10.2 Å². The van der Waals surface area contributed by atoms with Gasteiger partial charge in [0.15, 0.2) is 0 Å². The number of nitrogens with one attached hydrogen (secondary N) is 1. The van der Waals surface area contributed by atoms with Crippen LogP contribution in [-0.4, -0.2) is 73.9 Å². The van der Waals surface area contributed by atoms with Crippen LogP contribution in [0.15, 0.2) is 17.0 Å². The van der Waals surface area contributed by atoms with Gasteiger partial charge in [0.2, 0.25) is 0 Å². The molecule has 0 spiro atoms. The van der Waals surface area contributed by atoms with E-state index in [-0.39, 0.29) is 6.09 Å². The standard InChI is InChI=1S/C21H34N4O2S/c1-16-17(15-23-7-5-22-6-8-23)13-18(28)14-19(16)24-9-11-25(12-10-24)20(26)27-21(2,3)4/h13-14,22,28H,5-12,15H2,1-4H3. The molecule has 2 saturated heterocycles. The highest BCUT2D eigenvalue weighted by molar-refractivity contribution is 7.80. The number of hydrogen-bond acceptors (Lipinski definition) is 6. The van der Waals surface area contributed by atoms with Gasteiger partial charge in [0.1, 0.15) is 5.60 Å². The van der Waals surface area contributed by atoms with Crippen molar-refractivity contribution in [2.75, 3.05) is 57.3 Å². The smallest absolute Gasteiger partial charge is 0.410 e. The Morgan fingerprint density at radius 2 is 1.75 bits per heavy atom. The lowest BCUT2D eigenvalue weighted by molar-refractivity contribution is 0.0240. The molecule has 2 aliphatic rings. The summed E-state index contributed by atoms with van der Waals surface area (Å²) in [6.07, 6.45) is -0.216. The lowest BCUT2D eigenvalue weighted by Gasteiger charge is -2.38. The van der Waals surface area contributed by atoms with E-state index < -0.39 is 5.60 Å². The summed E-state index contributed by atoms with van der Waals surface area (Å²) in [4.78, 5) is 20.0. The first kappa shape index (κ1) is 21.3. The van der Waals surface area contributed by atoms with E-state index in [4.69, 9.17) is 4.74 Å². The van der Waals surface area contributed by atoms with Gasteiger partial charge in [-0.15, -0.1) is 12.6 Å². The second kappa shape index (κ2) is 8.93. The maximum Gasteiger partial charge on any atom is 0.410 e. The Morgan fingerprint density at radius 3 is 2.36 bits per heavy atom. The van der Waals surface area contributed by atoms with E-state index in [9.17, 15) is 4.79 Å². The summed E-state index contributed by atoms with van der Waals surface area (Å²) >= 11 is 4.66. The molecule has 1 amide bonds. The summed E-state index contributed by atoms with van der Waals surface area (Å²) in [5, 5.41) is 3.41. The molecule has 0 aliphatic carbocycles. The first-order valence-electron chi connectivity index (χ1n) is 10.2. The Labute approximate surface area is 174 Å². The summed E-state index contributed by atoms with van der Waals surface area (Å²) in [6.45, 7) is 16.1. The van der Waals surface area contributed by atoms with E-state index in [0.29, 0.717) is 13.1 Å². The van der Waals surface area contributed by atoms with Crippen LogP contribution in [0.4, 0.5) is 10.5 Å². The summed E-state index contributed by atoms with van der Waals surface area (Å²) < 4.78 is 5.51. The van der Waals surface area contributed by atoms with Gasteiger partial charge in [0.05, 0.1) is 0 Å². The average Bonchev–Trinajstić information content (AvgIpc) is 2.64. The molecule has 0 aromatic heterocycles. The minimum atomic E-state index is -0.454. The Hall–Kier alpha value is -1.44. The number of thiol groups is 1. The highest BCUT2D eigenvalue weighted by Gasteiger charge is 2.27. The zero-order valence-electron chi connectivity index (χ0n) is 17.6. The van der Waals surface area contributed by atoms with E-state index in [1.807, 2.05) is 25.7 Å². The zero-order valence-corrected chi connectivity index (χ0v) is 18.5. The van der Waals surface area contributed by atoms with Crippen molar-refractivity contribution in [3.8, 4) is 0 Å². The van der Waals surface area contributed by atoms with E-state index >= 15 is 0 Å². The van der Waals surface area contributed by atoms with Gasteiger partial charge in [-0.3, -0.25) is 4.90 Å². The molecule has 2 aliphatic heterocycles. The van der Waals surface area contributed by atoms with Crippen molar-refractivity contribution in [3.63, 3.8) is 0 Å². The lowest BCUT2D eigenvalue weighted by atomic mass is 10.0. The van der Waals surface area contributed by atoms with Crippen LogP contribution in [-0.2, 0) is 11.3 Å². The Morgan fingerprint density at radius 1 is 1.11 bits per heavy atom. The lowest BCUT2D eigenvalue weighted by Crippen LogP contribution is -2.50. The van der Waals surface area contributed by atoms with E-state index in [1.54, 1.807) is 0 Å². The molecule has 1 aromatic carbocycles. The van der Waals surface area contributed by atoms with E-state index in [2.05, 4.69) is 46.8 Å². The Balaban J connectivity index is 1.66. The minimum Gasteiger partial charge on any atom is -0.444 e. The molecule has 2 fully saturated rings. The van der Waals surface area contributed by atoms with Crippen LogP contribution in [0.3, 0.4) is 0 Å². The third kappa shape index (κ3) is 5.55. The van der Waals surface area contributed by atoms with Gasteiger partial charge in [-0.1, -0.05) is 0 Å². The van der Waals surface area contributed by atoms with Gasteiger partial charge in [-0.2, -0.15) is 0 Å². The van der Waals surface area contributed by atoms with Crippen LogP contribution >= 0.6 is 12.6 Å². The van der Waals surface area contributed by atoms with Crippen molar-refractivity contribution in [3.05, 3.63) is 23.3 Å². The number of hydrogen-bond donors (Lipinski definition) is 2. The normalized spacial score (nSPS) is 19.0. The third-order valence-corrected chi connectivity index (χ3v) is 5.61. The van der Waals surface area contributed by atoms with Gasteiger partial charge >= 0.3 is 6.09 Å². The van der Waals surface area contributed by atoms with Crippen molar-refractivity contribution in [1.82, 2.24) is 15.1 Å². The summed E-state index contributed by atoms with van der Waals surface area (Å²) in [7, 11) is 0. The fourth-order valence-electron chi connectivity index (χ4n) is 3.80. The van der Waals surface area contributed by atoms with Crippen molar-refractivity contribution >= 4 is 24.4 Å². The molecule has 0 atom stereocenters. The maximum absolute atomic E-state index is 12.3. The largest absolute Gasteiger partial charge is 0.444 e. The first-order chi connectivity index (χ1) is 13.2. The predicted octanol–water partition coefficient (Wildman–Crippen LogP) is 2.75. The molecule has 0 saturated carbocycles. The average molecular weight is 407 g/mol. The summed E-state index contributed by atoms with van der Waals surface area (Å²) in [5.41, 5.74) is 3.45. The van der Waals surface area contributed by atoms with Crippen molar-refractivity contribution in [2.24, 2.45) is 0 Å². The van der Waals surface area contributed by atoms with Crippen LogP contribution in [0.2, 0.25) is 0 Å². The monoisotopic (exact) mass is 406 g/mol. The molecule has 28 heavy (non-hydrogen) atoms. The van der Waals surface area contributed by atoms with E-state index in [0.717, 1.165) is 50.7 Å². The molecule has 3 rings (SSSR count).